The van der Waals surface area contributed by atoms with Crippen LogP contribution in [-0.2, 0) is 0 Å². The highest BCUT2D eigenvalue weighted by molar-refractivity contribution is 4.85. The zero-order valence-corrected chi connectivity index (χ0v) is 11.5. The van der Waals surface area contributed by atoms with Gasteiger partial charge in [-0.15, -0.1) is 0 Å². The molecule has 2 rings (SSSR count). The van der Waals surface area contributed by atoms with Gasteiger partial charge in [0.2, 0.25) is 0 Å². The Morgan fingerprint density at radius 2 is 1.71 bits per heavy atom. The summed E-state index contributed by atoms with van der Waals surface area (Å²) in [6.07, 6.45) is 8.00. The topological polar surface area (TPSA) is 32.3 Å². The lowest BCUT2D eigenvalue weighted by Crippen LogP contribution is -2.43. The lowest BCUT2D eigenvalue weighted by atomic mass is 9.78. The highest BCUT2D eigenvalue weighted by Gasteiger charge is 2.30. The minimum Gasteiger partial charge on any atom is -0.396 e. The number of aliphatic hydroxyl groups is 1. The Bertz CT molecular complexity index is 231. The molecule has 0 aliphatic heterocycles. The Morgan fingerprint density at radius 1 is 1.00 bits per heavy atom. The summed E-state index contributed by atoms with van der Waals surface area (Å²) in [5, 5.41) is 13.1. The zero-order chi connectivity index (χ0) is 12.3. The Balaban J connectivity index is 1.77. The quantitative estimate of drug-likeness (QED) is 0.790. The molecule has 0 spiro atoms. The van der Waals surface area contributed by atoms with Gasteiger partial charge in [0.05, 0.1) is 0 Å². The van der Waals surface area contributed by atoms with Crippen LogP contribution in [0.3, 0.4) is 0 Å². The fourth-order valence-electron chi connectivity index (χ4n) is 3.80. The van der Waals surface area contributed by atoms with Crippen molar-refractivity contribution in [2.75, 3.05) is 13.2 Å². The highest BCUT2D eigenvalue weighted by Crippen LogP contribution is 2.33. The Kier molecular flexibility index (Phi) is 4.87. The monoisotopic (exact) mass is 239 g/mol. The van der Waals surface area contributed by atoms with Crippen molar-refractivity contribution in [2.45, 2.75) is 58.4 Å². The molecule has 17 heavy (non-hydrogen) atoms. The van der Waals surface area contributed by atoms with Crippen LogP contribution in [0.25, 0.3) is 0 Å². The summed E-state index contributed by atoms with van der Waals surface area (Å²) in [6.45, 7) is 6.32. The molecule has 2 aliphatic rings. The van der Waals surface area contributed by atoms with E-state index >= 15 is 0 Å². The summed E-state index contributed by atoms with van der Waals surface area (Å²) in [5.74, 6) is 2.99. The third-order valence-corrected chi connectivity index (χ3v) is 5.40. The molecule has 100 valence electrons. The summed E-state index contributed by atoms with van der Waals surface area (Å²) >= 11 is 0. The number of nitrogens with one attached hydrogen (secondary N) is 1. The zero-order valence-electron chi connectivity index (χ0n) is 11.5. The van der Waals surface area contributed by atoms with Crippen LogP contribution >= 0.6 is 0 Å². The molecule has 5 unspecified atom stereocenters. The summed E-state index contributed by atoms with van der Waals surface area (Å²) < 4.78 is 0. The van der Waals surface area contributed by atoms with E-state index in [0.717, 1.165) is 30.3 Å². The van der Waals surface area contributed by atoms with Crippen LogP contribution in [0.2, 0.25) is 0 Å². The average Bonchev–Trinajstić information content (AvgIpc) is 2.78. The molecule has 2 aliphatic carbocycles. The second-order valence-electron chi connectivity index (χ2n) is 6.42. The molecule has 2 fully saturated rings. The second-order valence-corrected chi connectivity index (χ2v) is 6.42. The van der Waals surface area contributed by atoms with Gasteiger partial charge in [-0.3, -0.25) is 0 Å². The number of aliphatic hydroxyl groups excluding tert-OH is 1. The minimum atomic E-state index is 0.392. The first-order chi connectivity index (χ1) is 8.22. The van der Waals surface area contributed by atoms with Crippen molar-refractivity contribution < 1.29 is 5.11 Å². The first-order valence-corrected chi connectivity index (χ1v) is 7.56. The Morgan fingerprint density at radius 3 is 2.47 bits per heavy atom. The third-order valence-electron chi connectivity index (χ3n) is 5.40. The number of hydrogen-bond acceptors (Lipinski definition) is 2. The second kappa shape index (κ2) is 6.19. The molecule has 2 nitrogen and oxygen atoms in total. The van der Waals surface area contributed by atoms with Crippen LogP contribution in [0.1, 0.15) is 52.4 Å². The molecule has 2 N–H and O–H groups in total. The summed E-state index contributed by atoms with van der Waals surface area (Å²) in [6, 6.07) is 0.721. The summed E-state index contributed by atoms with van der Waals surface area (Å²) in [4.78, 5) is 0. The molecule has 5 atom stereocenters. The number of rotatable bonds is 4. The van der Waals surface area contributed by atoms with Crippen molar-refractivity contribution in [1.29, 1.82) is 0 Å². The maximum absolute atomic E-state index is 9.34. The van der Waals surface area contributed by atoms with Crippen LogP contribution in [-0.4, -0.2) is 24.3 Å². The third kappa shape index (κ3) is 3.23. The standard InChI is InChI=1S/C15H29NO/c1-11-5-3-8-15(12(11)2)16-9-13-6-4-7-14(13)10-17/h11-17H,3-10H2,1-2H3. The van der Waals surface area contributed by atoms with Crippen molar-refractivity contribution in [3.8, 4) is 0 Å². The van der Waals surface area contributed by atoms with Crippen LogP contribution in [0.15, 0.2) is 0 Å². The molecule has 0 aromatic rings. The van der Waals surface area contributed by atoms with E-state index in [9.17, 15) is 5.11 Å². The molecule has 0 amide bonds. The van der Waals surface area contributed by atoms with E-state index in [1.807, 2.05) is 0 Å². The van der Waals surface area contributed by atoms with Crippen LogP contribution < -0.4 is 5.32 Å². The molecule has 2 saturated carbocycles. The molecule has 0 saturated heterocycles. The van der Waals surface area contributed by atoms with Crippen molar-refractivity contribution in [1.82, 2.24) is 5.32 Å². The SMILES string of the molecule is CC1CCCC(NCC2CCCC2CO)C1C. The van der Waals surface area contributed by atoms with Crippen molar-refractivity contribution in [3.63, 3.8) is 0 Å². The molecule has 0 aromatic carbocycles. The maximum Gasteiger partial charge on any atom is 0.0462 e. The van der Waals surface area contributed by atoms with Gasteiger partial charge in [-0.05, 0) is 49.5 Å². The van der Waals surface area contributed by atoms with Crippen LogP contribution in [0.5, 0.6) is 0 Å². The Hall–Kier alpha value is -0.0800. The van der Waals surface area contributed by atoms with Crippen molar-refractivity contribution >= 4 is 0 Å². The first-order valence-electron chi connectivity index (χ1n) is 7.56. The first kappa shape index (κ1) is 13.4. The smallest absolute Gasteiger partial charge is 0.0462 e. The molecular weight excluding hydrogens is 210 g/mol. The van der Waals surface area contributed by atoms with Gasteiger partial charge in [0.25, 0.3) is 0 Å². The minimum absolute atomic E-state index is 0.392. The van der Waals surface area contributed by atoms with Crippen molar-refractivity contribution in [2.24, 2.45) is 23.7 Å². The van der Waals surface area contributed by atoms with E-state index in [4.69, 9.17) is 0 Å². The van der Waals surface area contributed by atoms with Gasteiger partial charge in [0.15, 0.2) is 0 Å². The van der Waals surface area contributed by atoms with E-state index in [-0.39, 0.29) is 0 Å². The van der Waals surface area contributed by atoms with E-state index in [1.54, 1.807) is 0 Å². The van der Waals surface area contributed by atoms with Gasteiger partial charge in [-0.25, -0.2) is 0 Å². The molecule has 0 heterocycles. The van der Waals surface area contributed by atoms with Crippen LogP contribution in [0, 0.1) is 23.7 Å². The summed E-state index contributed by atoms with van der Waals surface area (Å²) in [7, 11) is 0. The molecule has 2 heteroatoms. The normalized spacial score (nSPS) is 42.9. The van der Waals surface area contributed by atoms with Gasteiger partial charge in [0, 0.05) is 12.6 Å². The van der Waals surface area contributed by atoms with E-state index in [2.05, 4.69) is 19.2 Å². The average molecular weight is 239 g/mol. The van der Waals surface area contributed by atoms with Gasteiger partial charge in [-0.1, -0.05) is 33.1 Å². The van der Waals surface area contributed by atoms with Crippen LogP contribution in [0.4, 0.5) is 0 Å². The van der Waals surface area contributed by atoms with Gasteiger partial charge in [-0.2, -0.15) is 0 Å². The molecular formula is C15H29NO. The van der Waals surface area contributed by atoms with Gasteiger partial charge in [0.1, 0.15) is 0 Å². The van der Waals surface area contributed by atoms with E-state index in [0.29, 0.717) is 12.5 Å². The lowest BCUT2D eigenvalue weighted by Gasteiger charge is -2.35. The Labute approximate surface area is 106 Å². The molecule has 0 radical (unpaired) electrons. The summed E-state index contributed by atoms with van der Waals surface area (Å²) in [5.41, 5.74) is 0. The van der Waals surface area contributed by atoms with Gasteiger partial charge < -0.3 is 10.4 Å². The predicted molar refractivity (Wildman–Crippen MR) is 71.9 cm³/mol. The largest absolute Gasteiger partial charge is 0.396 e. The predicted octanol–water partition coefficient (Wildman–Crippen LogP) is 2.81. The maximum atomic E-state index is 9.34. The lowest BCUT2D eigenvalue weighted by molar-refractivity contribution is 0.169. The van der Waals surface area contributed by atoms with Gasteiger partial charge >= 0.3 is 0 Å². The van der Waals surface area contributed by atoms with Crippen molar-refractivity contribution in [3.05, 3.63) is 0 Å². The number of hydrogen-bond donors (Lipinski definition) is 2. The fraction of sp³-hybridized carbons (Fsp3) is 1.00. The molecule has 0 aromatic heterocycles. The van der Waals surface area contributed by atoms with E-state index < -0.39 is 0 Å². The molecule has 0 bridgehead atoms. The van der Waals surface area contributed by atoms with E-state index in [1.165, 1.54) is 38.5 Å². The highest BCUT2D eigenvalue weighted by atomic mass is 16.3. The fourth-order valence-corrected chi connectivity index (χ4v) is 3.80.